The van der Waals surface area contributed by atoms with Crippen LogP contribution in [0.1, 0.15) is 13.8 Å². The lowest BCUT2D eigenvalue weighted by Crippen LogP contribution is -2.37. The summed E-state index contributed by atoms with van der Waals surface area (Å²) in [5.41, 5.74) is 4.11. The molecule has 0 radical (unpaired) electrons. The van der Waals surface area contributed by atoms with E-state index >= 15 is 0 Å². The summed E-state index contributed by atoms with van der Waals surface area (Å²) in [6.07, 6.45) is 0. The van der Waals surface area contributed by atoms with Gasteiger partial charge in [-0.15, -0.1) is 0 Å². The number of nitrogens with zero attached hydrogens (tertiary/aromatic N) is 4. The van der Waals surface area contributed by atoms with E-state index in [0.717, 1.165) is 4.68 Å². The summed E-state index contributed by atoms with van der Waals surface area (Å²) < 4.78 is 1.05. The molecule has 12 heavy (non-hydrogen) atoms. The highest BCUT2D eigenvalue weighted by molar-refractivity contribution is 5.75. The molecule has 7 heteroatoms. The fourth-order valence-corrected chi connectivity index (χ4v) is 0.683. The lowest BCUT2D eigenvalue weighted by atomic mass is 10.1. The van der Waals surface area contributed by atoms with Crippen LogP contribution in [-0.4, -0.2) is 31.3 Å². The predicted molar refractivity (Wildman–Crippen MR) is 39.2 cm³/mol. The van der Waals surface area contributed by atoms with Crippen molar-refractivity contribution in [3.05, 3.63) is 0 Å². The Labute approximate surface area is 68.2 Å². The third-order valence-electron chi connectivity index (χ3n) is 1.55. The first-order valence-corrected chi connectivity index (χ1v) is 3.24. The lowest BCUT2D eigenvalue weighted by molar-refractivity contribution is -0.146. The summed E-state index contributed by atoms with van der Waals surface area (Å²) in [5.74, 6) is -1.05. The normalized spacial score (nSPS) is 11.5. The molecule has 0 aliphatic carbocycles. The minimum Gasteiger partial charge on any atom is -0.479 e. The molecule has 3 N–H and O–H groups in total. The van der Waals surface area contributed by atoms with Gasteiger partial charge in [0.15, 0.2) is 5.54 Å². The molecule has 0 bridgehead atoms. The minimum absolute atomic E-state index is 0.0117. The van der Waals surface area contributed by atoms with Gasteiger partial charge in [-0.25, -0.2) is 4.79 Å². The number of anilines is 1. The first-order chi connectivity index (χ1) is 5.46. The molecule has 0 unspecified atom stereocenters. The molecule has 0 aliphatic rings. The van der Waals surface area contributed by atoms with Crippen LogP contribution in [-0.2, 0) is 10.3 Å². The fraction of sp³-hybridized carbons (Fsp3) is 0.600. The summed E-state index contributed by atoms with van der Waals surface area (Å²) in [6.45, 7) is 2.92. The molecule has 0 aliphatic heterocycles. The number of hydrogen-bond acceptors (Lipinski definition) is 5. The van der Waals surface area contributed by atoms with Crippen molar-refractivity contribution in [1.29, 1.82) is 0 Å². The van der Waals surface area contributed by atoms with Crippen molar-refractivity contribution in [2.45, 2.75) is 19.4 Å². The number of hydrogen-bond donors (Lipinski definition) is 2. The Kier molecular flexibility index (Phi) is 1.71. The molecule has 0 atom stereocenters. The van der Waals surface area contributed by atoms with Gasteiger partial charge in [0.1, 0.15) is 0 Å². The lowest BCUT2D eigenvalue weighted by Gasteiger charge is -2.18. The van der Waals surface area contributed by atoms with Crippen LogP contribution in [0.2, 0.25) is 0 Å². The largest absolute Gasteiger partial charge is 0.479 e. The van der Waals surface area contributed by atoms with Gasteiger partial charge < -0.3 is 10.8 Å². The number of tetrazole rings is 1. The molecule has 66 valence electrons. The SMILES string of the molecule is CC(C)(C(=O)O)n1nnnc1N. The molecular formula is C5H9N5O2. The zero-order valence-corrected chi connectivity index (χ0v) is 6.72. The van der Waals surface area contributed by atoms with Gasteiger partial charge in [-0.1, -0.05) is 5.10 Å². The van der Waals surface area contributed by atoms with Crippen LogP contribution >= 0.6 is 0 Å². The summed E-state index contributed by atoms with van der Waals surface area (Å²) in [4.78, 5) is 10.7. The van der Waals surface area contributed by atoms with Crippen LogP contribution in [0.5, 0.6) is 0 Å². The molecule has 0 amide bonds. The van der Waals surface area contributed by atoms with Gasteiger partial charge in [-0.2, -0.15) is 4.68 Å². The second kappa shape index (κ2) is 2.43. The molecule has 0 fully saturated rings. The third kappa shape index (κ3) is 1.09. The van der Waals surface area contributed by atoms with Crippen molar-refractivity contribution < 1.29 is 9.90 Å². The highest BCUT2D eigenvalue weighted by atomic mass is 16.4. The second-order valence-electron chi connectivity index (χ2n) is 2.81. The van der Waals surface area contributed by atoms with E-state index in [0.29, 0.717) is 0 Å². The molecule has 1 rings (SSSR count). The maximum Gasteiger partial charge on any atom is 0.331 e. The van der Waals surface area contributed by atoms with Crippen molar-refractivity contribution in [2.24, 2.45) is 0 Å². The van der Waals surface area contributed by atoms with Crippen LogP contribution < -0.4 is 5.73 Å². The molecule has 0 aromatic carbocycles. The number of carboxylic acid groups (broad SMARTS) is 1. The van der Waals surface area contributed by atoms with Gasteiger partial charge in [0, 0.05) is 0 Å². The first-order valence-electron chi connectivity index (χ1n) is 3.24. The Balaban J connectivity index is 3.13. The zero-order chi connectivity index (χ0) is 9.35. The van der Waals surface area contributed by atoms with E-state index in [4.69, 9.17) is 10.8 Å². The Morgan fingerprint density at radius 1 is 1.67 bits per heavy atom. The molecule has 1 aromatic rings. The van der Waals surface area contributed by atoms with E-state index in [9.17, 15) is 4.79 Å². The van der Waals surface area contributed by atoms with Crippen LogP contribution in [0.15, 0.2) is 0 Å². The van der Waals surface area contributed by atoms with Crippen molar-refractivity contribution in [1.82, 2.24) is 20.2 Å². The molecule has 0 saturated heterocycles. The molecular weight excluding hydrogens is 162 g/mol. The van der Waals surface area contributed by atoms with E-state index in [1.165, 1.54) is 13.8 Å². The Morgan fingerprint density at radius 3 is 2.58 bits per heavy atom. The average Bonchev–Trinajstić information content (AvgIpc) is 2.35. The van der Waals surface area contributed by atoms with Gasteiger partial charge in [0.05, 0.1) is 0 Å². The maximum atomic E-state index is 10.7. The quantitative estimate of drug-likeness (QED) is 0.595. The number of carbonyl (C=O) groups is 1. The highest BCUT2D eigenvalue weighted by Gasteiger charge is 2.32. The third-order valence-corrected chi connectivity index (χ3v) is 1.55. The van der Waals surface area contributed by atoms with Crippen LogP contribution in [0.4, 0.5) is 5.95 Å². The van der Waals surface area contributed by atoms with Gasteiger partial charge in [0.2, 0.25) is 5.95 Å². The van der Waals surface area contributed by atoms with Crippen molar-refractivity contribution in [3.8, 4) is 0 Å². The molecule has 7 nitrogen and oxygen atoms in total. The predicted octanol–water partition coefficient (Wildman–Crippen LogP) is -0.925. The Hall–Kier alpha value is -1.66. The number of nitrogen functional groups attached to an aromatic ring is 1. The smallest absolute Gasteiger partial charge is 0.331 e. The number of nitrogens with two attached hydrogens (primary N) is 1. The highest BCUT2D eigenvalue weighted by Crippen LogP contribution is 2.15. The molecule has 0 spiro atoms. The van der Waals surface area contributed by atoms with Crippen LogP contribution in [0.3, 0.4) is 0 Å². The minimum atomic E-state index is -1.21. The molecule has 0 saturated carbocycles. The van der Waals surface area contributed by atoms with Crippen molar-refractivity contribution in [2.75, 3.05) is 5.73 Å². The number of carboxylic acids is 1. The van der Waals surface area contributed by atoms with Gasteiger partial charge in [-0.3, -0.25) is 0 Å². The average molecular weight is 171 g/mol. The van der Waals surface area contributed by atoms with Gasteiger partial charge in [0.25, 0.3) is 0 Å². The standard InChI is InChI=1S/C5H9N5O2/c1-5(2,3(11)12)10-4(6)7-8-9-10/h1-2H3,(H,11,12)(H2,6,7,9). The second-order valence-corrected chi connectivity index (χ2v) is 2.81. The topological polar surface area (TPSA) is 107 Å². The molecule has 1 aromatic heterocycles. The van der Waals surface area contributed by atoms with E-state index in [1.807, 2.05) is 0 Å². The van der Waals surface area contributed by atoms with Crippen molar-refractivity contribution in [3.63, 3.8) is 0 Å². The zero-order valence-electron chi connectivity index (χ0n) is 6.72. The summed E-state index contributed by atoms with van der Waals surface area (Å²) >= 11 is 0. The monoisotopic (exact) mass is 171 g/mol. The molecule has 1 heterocycles. The fourth-order valence-electron chi connectivity index (χ4n) is 0.683. The van der Waals surface area contributed by atoms with Crippen LogP contribution in [0, 0.1) is 0 Å². The van der Waals surface area contributed by atoms with Gasteiger partial charge >= 0.3 is 5.97 Å². The Bertz CT molecular complexity index is 305. The van der Waals surface area contributed by atoms with E-state index in [2.05, 4.69) is 15.5 Å². The van der Waals surface area contributed by atoms with E-state index in [-0.39, 0.29) is 5.95 Å². The van der Waals surface area contributed by atoms with Gasteiger partial charge in [-0.05, 0) is 24.3 Å². The summed E-state index contributed by atoms with van der Waals surface area (Å²) in [5, 5.41) is 18.9. The number of aliphatic carboxylic acids is 1. The van der Waals surface area contributed by atoms with E-state index in [1.54, 1.807) is 0 Å². The van der Waals surface area contributed by atoms with E-state index < -0.39 is 11.5 Å². The Morgan fingerprint density at radius 2 is 2.25 bits per heavy atom. The summed E-state index contributed by atoms with van der Waals surface area (Å²) in [7, 11) is 0. The number of aromatic nitrogens is 4. The maximum absolute atomic E-state index is 10.7. The summed E-state index contributed by atoms with van der Waals surface area (Å²) in [6, 6.07) is 0. The number of rotatable bonds is 2. The van der Waals surface area contributed by atoms with Crippen LogP contribution in [0.25, 0.3) is 0 Å². The first kappa shape index (κ1) is 8.44. The van der Waals surface area contributed by atoms with Crippen molar-refractivity contribution >= 4 is 11.9 Å².